The molecule has 2 N–H and O–H groups in total. The lowest BCUT2D eigenvalue weighted by molar-refractivity contribution is 0.102. The Morgan fingerprint density at radius 2 is 2.19 bits per heavy atom. The van der Waals surface area contributed by atoms with Gasteiger partial charge < -0.3 is 14.8 Å². The number of aliphatic hydroxyl groups is 1. The molecule has 0 aliphatic rings. The first-order chi connectivity index (χ1) is 10.2. The summed E-state index contributed by atoms with van der Waals surface area (Å²) in [5.74, 6) is 5.96. The summed E-state index contributed by atoms with van der Waals surface area (Å²) >= 11 is 0. The van der Waals surface area contributed by atoms with Gasteiger partial charge in [0.15, 0.2) is 0 Å². The molecule has 0 saturated carbocycles. The van der Waals surface area contributed by atoms with Crippen molar-refractivity contribution in [2.24, 2.45) is 0 Å². The van der Waals surface area contributed by atoms with Crippen LogP contribution in [0, 0.1) is 18.8 Å². The SMILES string of the molecule is CCc1occc1C(=O)Nc1ccc(C#CCO)c(C)c1. The summed E-state index contributed by atoms with van der Waals surface area (Å²) < 4.78 is 5.26. The van der Waals surface area contributed by atoms with E-state index in [1.165, 1.54) is 6.26 Å². The second-order valence-electron chi connectivity index (χ2n) is 4.55. The molecule has 0 saturated heterocycles. The van der Waals surface area contributed by atoms with Gasteiger partial charge in [0.2, 0.25) is 0 Å². The smallest absolute Gasteiger partial charge is 0.259 e. The predicted octanol–water partition coefficient (Wildman–Crippen LogP) is 2.75. The highest BCUT2D eigenvalue weighted by atomic mass is 16.3. The first-order valence-electron chi connectivity index (χ1n) is 6.73. The average molecular weight is 283 g/mol. The highest BCUT2D eigenvalue weighted by molar-refractivity contribution is 6.05. The van der Waals surface area contributed by atoms with Crippen LogP contribution in [0.4, 0.5) is 5.69 Å². The van der Waals surface area contributed by atoms with Crippen molar-refractivity contribution in [1.82, 2.24) is 0 Å². The van der Waals surface area contributed by atoms with Crippen LogP contribution in [-0.2, 0) is 6.42 Å². The minimum atomic E-state index is -0.186. The van der Waals surface area contributed by atoms with Crippen molar-refractivity contribution >= 4 is 11.6 Å². The number of furan rings is 1. The summed E-state index contributed by atoms with van der Waals surface area (Å²) in [5.41, 5.74) is 3.03. The van der Waals surface area contributed by atoms with E-state index in [2.05, 4.69) is 17.2 Å². The zero-order valence-electron chi connectivity index (χ0n) is 12.1. The number of benzene rings is 1. The largest absolute Gasteiger partial charge is 0.469 e. The third kappa shape index (κ3) is 3.53. The van der Waals surface area contributed by atoms with Crippen LogP contribution in [0.3, 0.4) is 0 Å². The molecule has 1 aromatic heterocycles. The molecule has 2 aromatic rings. The Morgan fingerprint density at radius 3 is 2.86 bits per heavy atom. The number of aliphatic hydroxyl groups excluding tert-OH is 1. The molecule has 0 radical (unpaired) electrons. The standard InChI is InChI=1S/C17H17NO3/c1-3-16-15(8-10-21-16)17(20)18-14-7-6-13(5-4-9-19)12(2)11-14/h6-8,10-11,19H,3,9H2,1-2H3,(H,18,20). The van der Waals surface area contributed by atoms with E-state index in [4.69, 9.17) is 9.52 Å². The van der Waals surface area contributed by atoms with Crippen LogP contribution in [0.1, 0.15) is 34.2 Å². The van der Waals surface area contributed by atoms with Crippen LogP contribution < -0.4 is 5.32 Å². The Labute approximate surface area is 123 Å². The number of carbonyl (C=O) groups is 1. The van der Waals surface area contributed by atoms with Gasteiger partial charge in [-0.2, -0.15) is 0 Å². The van der Waals surface area contributed by atoms with Crippen LogP contribution in [0.2, 0.25) is 0 Å². The summed E-state index contributed by atoms with van der Waals surface area (Å²) in [6.07, 6.45) is 2.19. The topological polar surface area (TPSA) is 62.5 Å². The van der Waals surface area contributed by atoms with Crippen LogP contribution in [0.15, 0.2) is 34.9 Å². The molecule has 0 atom stereocenters. The number of rotatable bonds is 3. The molecule has 108 valence electrons. The lowest BCUT2D eigenvalue weighted by Crippen LogP contribution is -2.12. The quantitative estimate of drug-likeness (QED) is 0.851. The van der Waals surface area contributed by atoms with Crippen molar-refractivity contribution in [3.05, 3.63) is 53.0 Å². The van der Waals surface area contributed by atoms with Gasteiger partial charge in [-0.15, -0.1) is 0 Å². The number of anilines is 1. The molecule has 2 rings (SSSR count). The molecule has 0 aliphatic carbocycles. The maximum Gasteiger partial charge on any atom is 0.259 e. The predicted molar refractivity (Wildman–Crippen MR) is 81.2 cm³/mol. The number of aryl methyl sites for hydroxylation is 2. The number of amides is 1. The van der Waals surface area contributed by atoms with Crippen LogP contribution in [0.25, 0.3) is 0 Å². The van der Waals surface area contributed by atoms with Crippen LogP contribution in [0.5, 0.6) is 0 Å². The number of carbonyl (C=O) groups excluding carboxylic acids is 1. The van der Waals surface area contributed by atoms with Crippen LogP contribution >= 0.6 is 0 Å². The molecule has 0 aliphatic heterocycles. The van der Waals surface area contributed by atoms with Gasteiger partial charge in [0, 0.05) is 17.7 Å². The van der Waals surface area contributed by atoms with E-state index in [-0.39, 0.29) is 12.5 Å². The van der Waals surface area contributed by atoms with Gasteiger partial charge in [-0.3, -0.25) is 4.79 Å². The van der Waals surface area contributed by atoms with Crippen molar-refractivity contribution in [1.29, 1.82) is 0 Å². The summed E-state index contributed by atoms with van der Waals surface area (Å²) in [4.78, 5) is 12.2. The summed E-state index contributed by atoms with van der Waals surface area (Å²) in [5, 5.41) is 11.6. The van der Waals surface area contributed by atoms with Gasteiger partial charge in [-0.05, 0) is 36.8 Å². The number of hydrogen-bond acceptors (Lipinski definition) is 3. The molecule has 0 fully saturated rings. The second kappa shape index (κ2) is 6.78. The Balaban J connectivity index is 2.17. The zero-order chi connectivity index (χ0) is 15.2. The molecule has 0 spiro atoms. The minimum absolute atomic E-state index is 0.168. The summed E-state index contributed by atoms with van der Waals surface area (Å²) in [7, 11) is 0. The van der Waals surface area contributed by atoms with Gasteiger partial charge in [0.1, 0.15) is 12.4 Å². The van der Waals surface area contributed by atoms with Crippen LogP contribution in [-0.4, -0.2) is 17.6 Å². The molecule has 21 heavy (non-hydrogen) atoms. The Hall–Kier alpha value is -2.51. The molecule has 1 amide bonds. The Kier molecular flexibility index (Phi) is 4.81. The number of hydrogen-bond donors (Lipinski definition) is 2. The van der Waals surface area contributed by atoms with E-state index < -0.39 is 0 Å². The normalized spacial score (nSPS) is 9.86. The van der Waals surface area contributed by atoms with E-state index in [1.54, 1.807) is 12.1 Å². The summed E-state index contributed by atoms with van der Waals surface area (Å²) in [6.45, 7) is 3.68. The lowest BCUT2D eigenvalue weighted by Gasteiger charge is -2.07. The summed E-state index contributed by atoms with van der Waals surface area (Å²) in [6, 6.07) is 7.13. The van der Waals surface area contributed by atoms with E-state index in [0.29, 0.717) is 23.4 Å². The van der Waals surface area contributed by atoms with E-state index in [9.17, 15) is 4.79 Å². The maximum atomic E-state index is 12.2. The lowest BCUT2D eigenvalue weighted by atomic mass is 10.1. The Morgan fingerprint density at radius 1 is 1.38 bits per heavy atom. The fourth-order valence-corrected chi connectivity index (χ4v) is 2.03. The van der Waals surface area contributed by atoms with E-state index in [0.717, 1.165) is 11.1 Å². The molecule has 4 heteroatoms. The van der Waals surface area contributed by atoms with Gasteiger partial charge in [0.05, 0.1) is 11.8 Å². The molecule has 4 nitrogen and oxygen atoms in total. The third-order valence-corrected chi connectivity index (χ3v) is 3.10. The van der Waals surface area contributed by atoms with Gasteiger partial charge in [-0.25, -0.2) is 0 Å². The molecule has 0 bridgehead atoms. The van der Waals surface area contributed by atoms with Crippen molar-refractivity contribution in [3.63, 3.8) is 0 Å². The third-order valence-electron chi connectivity index (χ3n) is 3.10. The zero-order valence-corrected chi connectivity index (χ0v) is 12.1. The maximum absolute atomic E-state index is 12.2. The van der Waals surface area contributed by atoms with Crippen molar-refractivity contribution in [2.75, 3.05) is 11.9 Å². The highest BCUT2D eigenvalue weighted by Gasteiger charge is 2.13. The average Bonchev–Trinajstić information content (AvgIpc) is 2.95. The molecular formula is C17H17NO3. The highest BCUT2D eigenvalue weighted by Crippen LogP contribution is 2.17. The van der Waals surface area contributed by atoms with Crippen molar-refractivity contribution in [2.45, 2.75) is 20.3 Å². The molecule has 0 unspecified atom stereocenters. The van der Waals surface area contributed by atoms with Gasteiger partial charge in [0.25, 0.3) is 5.91 Å². The van der Waals surface area contributed by atoms with Gasteiger partial charge >= 0.3 is 0 Å². The fraction of sp³-hybridized carbons (Fsp3) is 0.235. The fourth-order valence-electron chi connectivity index (χ4n) is 2.03. The van der Waals surface area contributed by atoms with E-state index in [1.807, 2.05) is 26.0 Å². The van der Waals surface area contributed by atoms with Gasteiger partial charge in [-0.1, -0.05) is 18.8 Å². The minimum Gasteiger partial charge on any atom is -0.469 e. The van der Waals surface area contributed by atoms with E-state index >= 15 is 0 Å². The first kappa shape index (κ1) is 14.9. The second-order valence-corrected chi connectivity index (χ2v) is 4.55. The number of nitrogens with one attached hydrogen (secondary N) is 1. The Bertz CT molecular complexity index is 704. The molecule has 1 heterocycles. The van der Waals surface area contributed by atoms with Crippen molar-refractivity contribution in [3.8, 4) is 11.8 Å². The first-order valence-corrected chi connectivity index (χ1v) is 6.73. The van der Waals surface area contributed by atoms with Crippen molar-refractivity contribution < 1.29 is 14.3 Å². The monoisotopic (exact) mass is 283 g/mol. The molecular weight excluding hydrogens is 266 g/mol. The molecule has 1 aromatic carbocycles.